The smallest absolute Gasteiger partial charge is 0.233 e. The monoisotopic (exact) mass is 164 g/mol. The zero-order valence-corrected chi connectivity index (χ0v) is 7.04. The Labute approximate surface area is 73.8 Å². The highest BCUT2D eigenvalue weighted by molar-refractivity contribution is 6.04. The molecule has 4 heteroatoms. The third-order valence-electron chi connectivity index (χ3n) is 1.61. The lowest BCUT2D eigenvalue weighted by Gasteiger charge is -1.94. The van der Waals surface area contributed by atoms with Gasteiger partial charge in [-0.3, -0.25) is 14.9 Å². The van der Waals surface area contributed by atoms with Crippen molar-refractivity contribution in [3.8, 4) is 0 Å². The Hall–Kier alpha value is -1.06. The van der Waals surface area contributed by atoms with Gasteiger partial charge in [0.15, 0.2) is 0 Å². The predicted molar refractivity (Wildman–Crippen MR) is 46.4 cm³/mol. The van der Waals surface area contributed by atoms with Crippen LogP contribution in [0.3, 0.4) is 0 Å². The highest BCUT2D eigenvalue weighted by Crippen LogP contribution is 2.11. The van der Waals surface area contributed by atoms with E-state index in [-0.39, 0.29) is 26.1 Å². The van der Waals surface area contributed by atoms with E-state index < -0.39 is 0 Å². The average Bonchev–Trinajstić information content (AvgIpc) is 2.26. The molecule has 0 saturated carbocycles. The van der Waals surface area contributed by atoms with E-state index >= 15 is 0 Å². The number of carbonyl (C=O) groups excluding carboxylic acids is 2. The van der Waals surface area contributed by atoms with Crippen molar-refractivity contribution in [2.75, 3.05) is 0 Å². The minimum atomic E-state index is -0.220. The van der Waals surface area contributed by atoms with Crippen LogP contribution in [0.2, 0.25) is 0 Å². The molecule has 0 bridgehead atoms. The van der Waals surface area contributed by atoms with Gasteiger partial charge in [0, 0.05) is 14.8 Å². The van der Waals surface area contributed by atoms with Gasteiger partial charge in [-0.05, 0) is 6.42 Å². The van der Waals surface area contributed by atoms with Crippen LogP contribution in [0.4, 0.5) is 0 Å². The number of hydrogen-bond donors (Lipinski definition) is 1. The van der Waals surface area contributed by atoms with Crippen LogP contribution in [-0.4, -0.2) is 20.2 Å². The SMILES string of the molecule is CCC=CC1CC(=O)NC1=O.[B]. The Morgan fingerprint density at radius 1 is 1.58 bits per heavy atom. The van der Waals surface area contributed by atoms with Crippen LogP contribution in [0.15, 0.2) is 12.2 Å². The molecule has 63 valence electrons. The summed E-state index contributed by atoms with van der Waals surface area (Å²) in [5, 5.41) is 2.25. The van der Waals surface area contributed by atoms with E-state index in [1.165, 1.54) is 0 Å². The number of carbonyl (C=O) groups is 2. The van der Waals surface area contributed by atoms with Crippen LogP contribution >= 0.6 is 0 Å². The van der Waals surface area contributed by atoms with Gasteiger partial charge >= 0.3 is 0 Å². The van der Waals surface area contributed by atoms with Gasteiger partial charge in [-0.25, -0.2) is 0 Å². The molecule has 12 heavy (non-hydrogen) atoms. The van der Waals surface area contributed by atoms with Crippen molar-refractivity contribution in [1.82, 2.24) is 5.32 Å². The van der Waals surface area contributed by atoms with Crippen LogP contribution in [-0.2, 0) is 9.59 Å². The lowest BCUT2D eigenvalue weighted by Crippen LogP contribution is -2.21. The maximum Gasteiger partial charge on any atom is 0.233 e. The molecule has 1 saturated heterocycles. The Kier molecular flexibility index (Phi) is 4.33. The summed E-state index contributed by atoms with van der Waals surface area (Å²) in [5.41, 5.74) is 0. The topological polar surface area (TPSA) is 46.2 Å². The summed E-state index contributed by atoms with van der Waals surface area (Å²) in [6.07, 6.45) is 4.91. The maximum absolute atomic E-state index is 10.9. The van der Waals surface area contributed by atoms with E-state index in [4.69, 9.17) is 0 Å². The lowest BCUT2D eigenvalue weighted by molar-refractivity contribution is -0.125. The molecule has 1 N–H and O–H groups in total. The van der Waals surface area contributed by atoms with Crippen molar-refractivity contribution < 1.29 is 9.59 Å². The molecule has 1 atom stereocenters. The molecule has 1 aliphatic heterocycles. The van der Waals surface area contributed by atoms with E-state index in [1.807, 2.05) is 13.0 Å². The van der Waals surface area contributed by atoms with Gasteiger partial charge in [0.25, 0.3) is 0 Å². The van der Waals surface area contributed by atoms with E-state index in [2.05, 4.69) is 5.32 Å². The second kappa shape index (κ2) is 4.75. The first-order chi connectivity index (χ1) is 5.24. The molecule has 2 amide bonds. The van der Waals surface area contributed by atoms with Crippen LogP contribution in [0.5, 0.6) is 0 Å². The lowest BCUT2D eigenvalue weighted by atomic mass is 10.1. The van der Waals surface area contributed by atoms with Crippen molar-refractivity contribution in [3.05, 3.63) is 12.2 Å². The largest absolute Gasteiger partial charge is 0.296 e. The van der Waals surface area contributed by atoms with Gasteiger partial charge in [0.1, 0.15) is 0 Å². The van der Waals surface area contributed by atoms with Gasteiger partial charge in [-0.15, -0.1) is 0 Å². The van der Waals surface area contributed by atoms with Crippen molar-refractivity contribution in [3.63, 3.8) is 0 Å². The van der Waals surface area contributed by atoms with Gasteiger partial charge in [0.2, 0.25) is 11.8 Å². The number of imide groups is 1. The van der Waals surface area contributed by atoms with Gasteiger partial charge < -0.3 is 0 Å². The molecule has 1 unspecified atom stereocenters. The molecule has 1 fully saturated rings. The first-order valence-corrected chi connectivity index (χ1v) is 3.74. The number of nitrogens with one attached hydrogen (secondary N) is 1. The first kappa shape index (κ1) is 10.9. The van der Waals surface area contributed by atoms with Crippen LogP contribution in [0.25, 0.3) is 0 Å². The highest BCUT2D eigenvalue weighted by Gasteiger charge is 2.27. The molecule has 3 nitrogen and oxygen atoms in total. The van der Waals surface area contributed by atoms with Crippen LogP contribution in [0.1, 0.15) is 19.8 Å². The molecule has 0 spiro atoms. The second-order valence-electron chi connectivity index (χ2n) is 2.56. The van der Waals surface area contributed by atoms with E-state index in [0.29, 0.717) is 6.42 Å². The molecular weight excluding hydrogens is 153 g/mol. The van der Waals surface area contributed by atoms with Gasteiger partial charge in [-0.1, -0.05) is 19.1 Å². The van der Waals surface area contributed by atoms with Crippen molar-refractivity contribution in [2.45, 2.75) is 19.8 Å². The Morgan fingerprint density at radius 3 is 2.67 bits per heavy atom. The summed E-state index contributed by atoms with van der Waals surface area (Å²) in [6, 6.07) is 0. The first-order valence-electron chi connectivity index (χ1n) is 3.74. The summed E-state index contributed by atoms with van der Waals surface area (Å²) in [4.78, 5) is 21.6. The third-order valence-corrected chi connectivity index (χ3v) is 1.61. The molecule has 3 radical (unpaired) electrons. The molecule has 1 rings (SSSR count). The normalized spacial score (nSPS) is 22.6. The minimum absolute atomic E-state index is 0. The standard InChI is InChI=1S/C8H11NO2.B/c1-2-3-4-6-5-7(10)9-8(6)11;/h3-4,6H,2,5H2,1H3,(H,9,10,11);. The molecular formula is C8H11BNO2. The molecule has 0 aromatic carbocycles. The zero-order valence-electron chi connectivity index (χ0n) is 7.04. The number of allylic oxidation sites excluding steroid dienone is 1. The zero-order chi connectivity index (χ0) is 8.27. The number of rotatable bonds is 2. The average molecular weight is 164 g/mol. The molecule has 0 aromatic heterocycles. The Morgan fingerprint density at radius 2 is 2.25 bits per heavy atom. The highest BCUT2D eigenvalue weighted by atomic mass is 16.2. The quantitative estimate of drug-likeness (QED) is 0.360. The molecule has 1 heterocycles. The fourth-order valence-electron chi connectivity index (χ4n) is 1.03. The fourth-order valence-corrected chi connectivity index (χ4v) is 1.03. The molecule has 0 aliphatic carbocycles. The predicted octanol–water partition coefficient (Wildman–Crippen LogP) is 0.234. The van der Waals surface area contributed by atoms with Crippen LogP contribution < -0.4 is 5.32 Å². The molecule has 0 aromatic rings. The van der Waals surface area contributed by atoms with Crippen molar-refractivity contribution in [2.24, 2.45) is 5.92 Å². The maximum atomic E-state index is 10.9. The summed E-state index contributed by atoms with van der Waals surface area (Å²) < 4.78 is 0. The van der Waals surface area contributed by atoms with E-state index in [0.717, 1.165) is 6.42 Å². The van der Waals surface area contributed by atoms with Crippen molar-refractivity contribution >= 4 is 20.2 Å². The summed E-state index contributed by atoms with van der Waals surface area (Å²) >= 11 is 0. The third kappa shape index (κ3) is 2.53. The fraction of sp³-hybridized carbons (Fsp3) is 0.500. The summed E-state index contributed by atoms with van der Waals surface area (Å²) in [6.45, 7) is 1.99. The van der Waals surface area contributed by atoms with Crippen molar-refractivity contribution in [1.29, 1.82) is 0 Å². The minimum Gasteiger partial charge on any atom is -0.296 e. The second-order valence-corrected chi connectivity index (χ2v) is 2.56. The Bertz CT molecular complexity index is 213. The summed E-state index contributed by atoms with van der Waals surface area (Å²) in [5.74, 6) is -0.553. The van der Waals surface area contributed by atoms with Crippen LogP contribution in [0, 0.1) is 5.92 Å². The number of amides is 2. The van der Waals surface area contributed by atoms with E-state index in [9.17, 15) is 9.59 Å². The molecule has 1 aliphatic rings. The van der Waals surface area contributed by atoms with Gasteiger partial charge in [0.05, 0.1) is 5.92 Å². The number of hydrogen-bond acceptors (Lipinski definition) is 2. The summed E-state index contributed by atoms with van der Waals surface area (Å²) in [7, 11) is 0. The van der Waals surface area contributed by atoms with E-state index in [1.54, 1.807) is 6.08 Å². The van der Waals surface area contributed by atoms with Gasteiger partial charge in [-0.2, -0.15) is 0 Å². The Balaban J connectivity index is 0.00000121.